The summed E-state index contributed by atoms with van der Waals surface area (Å²) < 4.78 is 12.5. The van der Waals surface area contributed by atoms with Crippen LogP contribution in [0.3, 0.4) is 0 Å². The molecule has 0 amide bonds. The highest BCUT2D eigenvalue weighted by Crippen LogP contribution is 2.19. The maximum atomic E-state index is 12.5. The van der Waals surface area contributed by atoms with E-state index in [9.17, 15) is 9.50 Å². The fourth-order valence-electron chi connectivity index (χ4n) is 0.993. The molecule has 0 aliphatic carbocycles. The first kappa shape index (κ1) is 10.1. The van der Waals surface area contributed by atoms with Gasteiger partial charge in [0.05, 0.1) is 13.2 Å². The van der Waals surface area contributed by atoms with Crippen LogP contribution in [-0.4, -0.2) is 28.5 Å². The molecule has 0 atom stereocenters. The topological polar surface area (TPSA) is 60.7 Å². The summed E-state index contributed by atoms with van der Waals surface area (Å²) in [6.45, 7) is -1.20. The van der Waals surface area contributed by atoms with Crippen molar-refractivity contribution in [2.45, 2.75) is 5.60 Å². The summed E-state index contributed by atoms with van der Waals surface area (Å²) in [5.74, 6) is -0.429. The van der Waals surface area contributed by atoms with Gasteiger partial charge in [-0.05, 0) is 17.7 Å². The quantitative estimate of drug-likeness (QED) is 0.622. The predicted molar refractivity (Wildman–Crippen MR) is 44.5 cm³/mol. The van der Waals surface area contributed by atoms with Gasteiger partial charge >= 0.3 is 0 Å². The maximum Gasteiger partial charge on any atom is 0.135 e. The molecule has 72 valence electrons. The molecule has 0 bridgehead atoms. The average molecular weight is 186 g/mol. The molecule has 0 unspecified atom stereocenters. The van der Waals surface area contributed by atoms with Crippen molar-refractivity contribution in [2.24, 2.45) is 0 Å². The first-order valence-corrected chi connectivity index (χ1v) is 3.82. The number of hydrogen-bond donors (Lipinski definition) is 3. The van der Waals surface area contributed by atoms with Crippen LogP contribution >= 0.6 is 0 Å². The Hall–Kier alpha value is -0.970. The molecule has 0 heterocycles. The average Bonchev–Trinajstić information content (AvgIpc) is 2.18. The van der Waals surface area contributed by atoms with E-state index in [1.54, 1.807) is 0 Å². The number of rotatable bonds is 3. The summed E-state index contributed by atoms with van der Waals surface area (Å²) in [4.78, 5) is 0. The van der Waals surface area contributed by atoms with Crippen LogP contribution in [0.5, 0.6) is 0 Å². The molecule has 13 heavy (non-hydrogen) atoms. The van der Waals surface area contributed by atoms with Crippen LogP contribution in [0, 0.1) is 5.82 Å². The second kappa shape index (κ2) is 3.83. The normalized spacial score (nSPS) is 11.7. The summed E-state index contributed by atoms with van der Waals surface area (Å²) in [5.41, 5.74) is -1.40. The molecule has 0 aliphatic rings. The SMILES string of the molecule is OCC(O)(CO)c1ccc(F)cc1. The van der Waals surface area contributed by atoms with Gasteiger partial charge in [-0.25, -0.2) is 4.39 Å². The lowest BCUT2D eigenvalue weighted by atomic mass is 9.96. The van der Waals surface area contributed by atoms with Gasteiger partial charge in [0.2, 0.25) is 0 Å². The lowest BCUT2D eigenvalue weighted by Gasteiger charge is -2.23. The summed E-state index contributed by atoms with van der Waals surface area (Å²) in [7, 11) is 0. The van der Waals surface area contributed by atoms with Crippen LogP contribution in [-0.2, 0) is 5.60 Å². The summed E-state index contributed by atoms with van der Waals surface area (Å²) >= 11 is 0. The van der Waals surface area contributed by atoms with Crippen molar-refractivity contribution < 1.29 is 19.7 Å². The van der Waals surface area contributed by atoms with Crippen LogP contribution in [0.25, 0.3) is 0 Å². The molecule has 1 aromatic rings. The highest BCUT2D eigenvalue weighted by Gasteiger charge is 2.27. The zero-order valence-corrected chi connectivity index (χ0v) is 6.94. The zero-order chi connectivity index (χ0) is 9.90. The summed E-state index contributed by atoms with van der Waals surface area (Å²) in [5, 5.41) is 27.2. The van der Waals surface area contributed by atoms with Crippen molar-refractivity contribution in [3.8, 4) is 0 Å². The van der Waals surface area contributed by atoms with Gasteiger partial charge in [0, 0.05) is 0 Å². The lowest BCUT2D eigenvalue weighted by molar-refractivity contribution is -0.0598. The Morgan fingerprint density at radius 1 is 1.08 bits per heavy atom. The Morgan fingerprint density at radius 3 is 1.92 bits per heavy atom. The van der Waals surface area contributed by atoms with E-state index < -0.39 is 24.6 Å². The molecule has 1 rings (SSSR count). The van der Waals surface area contributed by atoms with Gasteiger partial charge < -0.3 is 15.3 Å². The minimum Gasteiger partial charge on any atom is -0.393 e. The van der Waals surface area contributed by atoms with E-state index in [4.69, 9.17) is 10.2 Å². The molecular weight excluding hydrogens is 175 g/mol. The van der Waals surface area contributed by atoms with Gasteiger partial charge in [0.15, 0.2) is 0 Å². The fourth-order valence-corrected chi connectivity index (χ4v) is 0.993. The fraction of sp³-hybridized carbons (Fsp3) is 0.333. The van der Waals surface area contributed by atoms with E-state index in [2.05, 4.69) is 0 Å². The molecule has 0 saturated heterocycles. The van der Waals surface area contributed by atoms with E-state index in [1.807, 2.05) is 0 Å². The van der Waals surface area contributed by atoms with Crippen molar-refractivity contribution in [3.05, 3.63) is 35.6 Å². The standard InChI is InChI=1S/C9H11FO3/c10-8-3-1-7(2-4-8)9(13,5-11)6-12/h1-4,11-13H,5-6H2. The van der Waals surface area contributed by atoms with Gasteiger partial charge in [0.25, 0.3) is 0 Å². The molecule has 4 heteroatoms. The molecule has 0 radical (unpaired) electrons. The number of aliphatic hydroxyl groups is 3. The van der Waals surface area contributed by atoms with E-state index in [-0.39, 0.29) is 0 Å². The van der Waals surface area contributed by atoms with Gasteiger partial charge in [-0.3, -0.25) is 0 Å². The Balaban J connectivity index is 2.99. The van der Waals surface area contributed by atoms with Crippen LogP contribution < -0.4 is 0 Å². The number of halogens is 1. The number of benzene rings is 1. The predicted octanol–water partition coefficient (Wildman–Crippen LogP) is -0.00210. The van der Waals surface area contributed by atoms with Crippen molar-refractivity contribution in [1.82, 2.24) is 0 Å². The van der Waals surface area contributed by atoms with Gasteiger partial charge in [0.1, 0.15) is 11.4 Å². The summed E-state index contributed by atoms with van der Waals surface area (Å²) in [6.07, 6.45) is 0. The second-order valence-corrected chi connectivity index (χ2v) is 2.85. The van der Waals surface area contributed by atoms with Crippen molar-refractivity contribution in [1.29, 1.82) is 0 Å². The molecule has 0 aromatic heterocycles. The summed E-state index contributed by atoms with van der Waals surface area (Å²) in [6, 6.07) is 4.96. The van der Waals surface area contributed by atoms with Gasteiger partial charge in [-0.1, -0.05) is 12.1 Å². The van der Waals surface area contributed by atoms with E-state index in [1.165, 1.54) is 12.1 Å². The molecule has 1 aromatic carbocycles. The van der Waals surface area contributed by atoms with E-state index in [0.29, 0.717) is 5.56 Å². The Morgan fingerprint density at radius 2 is 1.54 bits per heavy atom. The Kier molecular flexibility index (Phi) is 2.98. The third-order valence-electron chi connectivity index (χ3n) is 1.90. The molecule has 0 spiro atoms. The first-order chi connectivity index (χ1) is 6.12. The third kappa shape index (κ3) is 2.03. The van der Waals surface area contributed by atoms with Gasteiger partial charge in [-0.15, -0.1) is 0 Å². The second-order valence-electron chi connectivity index (χ2n) is 2.85. The first-order valence-electron chi connectivity index (χ1n) is 3.82. The highest BCUT2D eigenvalue weighted by molar-refractivity contribution is 5.23. The van der Waals surface area contributed by atoms with Crippen LogP contribution in [0.2, 0.25) is 0 Å². The van der Waals surface area contributed by atoms with Crippen molar-refractivity contribution in [2.75, 3.05) is 13.2 Å². The van der Waals surface area contributed by atoms with E-state index in [0.717, 1.165) is 12.1 Å². The van der Waals surface area contributed by atoms with Crippen LogP contribution in [0.4, 0.5) is 4.39 Å². The molecule has 3 N–H and O–H groups in total. The smallest absolute Gasteiger partial charge is 0.135 e. The molecule has 0 fully saturated rings. The van der Waals surface area contributed by atoms with Crippen LogP contribution in [0.15, 0.2) is 24.3 Å². The number of hydrogen-bond acceptors (Lipinski definition) is 3. The highest BCUT2D eigenvalue weighted by atomic mass is 19.1. The minimum absolute atomic E-state index is 0.291. The number of aliphatic hydroxyl groups excluding tert-OH is 2. The third-order valence-corrected chi connectivity index (χ3v) is 1.90. The lowest BCUT2D eigenvalue weighted by Crippen LogP contribution is -2.34. The van der Waals surface area contributed by atoms with Crippen molar-refractivity contribution in [3.63, 3.8) is 0 Å². The Bertz CT molecular complexity index is 267. The largest absolute Gasteiger partial charge is 0.393 e. The molecule has 3 nitrogen and oxygen atoms in total. The van der Waals surface area contributed by atoms with Crippen molar-refractivity contribution >= 4 is 0 Å². The maximum absolute atomic E-state index is 12.5. The van der Waals surface area contributed by atoms with Crippen LogP contribution in [0.1, 0.15) is 5.56 Å². The molecular formula is C9H11FO3. The monoisotopic (exact) mass is 186 g/mol. The van der Waals surface area contributed by atoms with E-state index >= 15 is 0 Å². The molecule has 0 aliphatic heterocycles. The zero-order valence-electron chi connectivity index (χ0n) is 6.94. The minimum atomic E-state index is -1.69. The Labute approximate surface area is 75.1 Å². The van der Waals surface area contributed by atoms with Gasteiger partial charge in [-0.2, -0.15) is 0 Å². The molecule has 0 saturated carbocycles.